The van der Waals surface area contributed by atoms with E-state index in [1.807, 2.05) is 48.6 Å². The number of furan rings is 1. The molecule has 5 heteroatoms. The number of rotatable bonds is 5. The maximum Gasteiger partial charge on any atom is 0.257 e. The number of hydrogen-bond acceptors (Lipinski definition) is 4. The number of benzene rings is 1. The number of carbonyl (C=O) groups excluding carboxylic acids is 1. The Labute approximate surface area is 129 Å². The normalized spacial score (nSPS) is 17.6. The number of fused-ring (bicyclic) bond motifs is 1. The van der Waals surface area contributed by atoms with Crippen molar-refractivity contribution >= 4 is 17.7 Å². The second-order valence-corrected chi connectivity index (χ2v) is 5.00. The number of anilines is 1. The summed E-state index contributed by atoms with van der Waals surface area (Å²) in [4.78, 5) is 14.4. The summed E-state index contributed by atoms with van der Waals surface area (Å²) in [6, 6.07) is 11.2. The van der Waals surface area contributed by atoms with Crippen LogP contribution in [0.3, 0.4) is 0 Å². The van der Waals surface area contributed by atoms with Crippen molar-refractivity contribution in [1.29, 1.82) is 0 Å². The fourth-order valence-electron chi connectivity index (χ4n) is 2.47. The van der Waals surface area contributed by atoms with Gasteiger partial charge in [0.15, 0.2) is 0 Å². The van der Waals surface area contributed by atoms with Crippen LogP contribution in [0.25, 0.3) is 6.08 Å². The zero-order valence-corrected chi connectivity index (χ0v) is 12.4. The topological polar surface area (TPSA) is 54.7 Å². The third-order valence-electron chi connectivity index (χ3n) is 3.58. The maximum absolute atomic E-state index is 12.7. The van der Waals surface area contributed by atoms with E-state index in [2.05, 4.69) is 5.32 Å². The zero-order chi connectivity index (χ0) is 15.4. The SMILES string of the molecule is COCCN1C(=O)c2ccccc2N[C@@H]1/C=C/c1ccco1. The molecule has 0 unspecified atom stereocenters. The molecule has 0 spiro atoms. The van der Waals surface area contributed by atoms with Crippen molar-refractivity contribution in [3.63, 3.8) is 0 Å². The number of nitrogens with one attached hydrogen (secondary N) is 1. The molecule has 114 valence electrons. The average Bonchev–Trinajstić information content (AvgIpc) is 3.06. The molecule has 0 radical (unpaired) electrons. The van der Waals surface area contributed by atoms with Gasteiger partial charge in [0.1, 0.15) is 11.9 Å². The smallest absolute Gasteiger partial charge is 0.257 e. The lowest BCUT2D eigenvalue weighted by Crippen LogP contribution is -2.49. The van der Waals surface area contributed by atoms with Crippen molar-refractivity contribution in [3.8, 4) is 0 Å². The Morgan fingerprint density at radius 2 is 2.18 bits per heavy atom. The van der Waals surface area contributed by atoms with Crippen molar-refractivity contribution in [2.75, 3.05) is 25.6 Å². The predicted octanol–water partition coefficient (Wildman–Crippen LogP) is 2.83. The van der Waals surface area contributed by atoms with Crippen LogP contribution in [-0.4, -0.2) is 37.2 Å². The number of nitrogens with zero attached hydrogens (tertiary/aromatic N) is 1. The molecule has 2 aromatic rings. The number of carbonyl (C=O) groups is 1. The number of hydrogen-bond donors (Lipinski definition) is 1. The van der Waals surface area contributed by atoms with Gasteiger partial charge in [-0.05, 0) is 36.4 Å². The summed E-state index contributed by atoms with van der Waals surface area (Å²) in [5.74, 6) is 0.750. The second-order valence-electron chi connectivity index (χ2n) is 5.00. The maximum atomic E-state index is 12.7. The molecule has 0 bridgehead atoms. The molecule has 1 amide bonds. The number of para-hydroxylation sites is 1. The van der Waals surface area contributed by atoms with Gasteiger partial charge in [0.2, 0.25) is 0 Å². The molecule has 0 aliphatic carbocycles. The van der Waals surface area contributed by atoms with Crippen molar-refractivity contribution in [3.05, 3.63) is 60.1 Å². The lowest BCUT2D eigenvalue weighted by Gasteiger charge is -2.36. The molecule has 0 fully saturated rings. The van der Waals surface area contributed by atoms with Crippen LogP contribution in [0.2, 0.25) is 0 Å². The van der Waals surface area contributed by atoms with E-state index in [1.54, 1.807) is 18.3 Å². The molecule has 0 saturated carbocycles. The highest BCUT2D eigenvalue weighted by Gasteiger charge is 2.29. The monoisotopic (exact) mass is 298 g/mol. The molecule has 1 aliphatic rings. The molecule has 3 rings (SSSR count). The van der Waals surface area contributed by atoms with E-state index in [1.165, 1.54) is 0 Å². The summed E-state index contributed by atoms with van der Waals surface area (Å²) in [5.41, 5.74) is 1.52. The molecule has 1 aromatic carbocycles. The molecule has 2 heterocycles. The Balaban J connectivity index is 1.87. The highest BCUT2D eigenvalue weighted by atomic mass is 16.5. The van der Waals surface area contributed by atoms with Gasteiger partial charge in [-0.1, -0.05) is 12.1 Å². The predicted molar refractivity (Wildman–Crippen MR) is 84.5 cm³/mol. The summed E-state index contributed by atoms with van der Waals surface area (Å²) < 4.78 is 10.4. The van der Waals surface area contributed by atoms with E-state index in [0.717, 1.165) is 11.4 Å². The summed E-state index contributed by atoms with van der Waals surface area (Å²) >= 11 is 0. The third kappa shape index (κ3) is 2.89. The average molecular weight is 298 g/mol. The van der Waals surface area contributed by atoms with Crippen molar-refractivity contribution in [2.24, 2.45) is 0 Å². The Morgan fingerprint density at radius 3 is 2.95 bits per heavy atom. The summed E-state index contributed by atoms with van der Waals surface area (Å²) in [6.45, 7) is 1.00. The number of ether oxygens (including phenoxy) is 1. The van der Waals surface area contributed by atoms with Gasteiger partial charge in [-0.15, -0.1) is 0 Å². The van der Waals surface area contributed by atoms with Crippen LogP contribution in [0, 0.1) is 0 Å². The Morgan fingerprint density at radius 1 is 1.32 bits per heavy atom. The van der Waals surface area contributed by atoms with Crippen molar-refractivity contribution in [1.82, 2.24) is 4.90 Å². The van der Waals surface area contributed by atoms with Crippen LogP contribution < -0.4 is 5.32 Å². The molecule has 1 aliphatic heterocycles. The lowest BCUT2D eigenvalue weighted by molar-refractivity contribution is 0.0650. The lowest BCUT2D eigenvalue weighted by atomic mass is 10.1. The highest BCUT2D eigenvalue weighted by Crippen LogP contribution is 2.25. The molecule has 22 heavy (non-hydrogen) atoms. The standard InChI is InChI=1S/C17H18N2O3/c1-21-12-10-19-16(9-8-13-5-4-11-22-13)18-15-7-3-2-6-14(15)17(19)20/h2-9,11,16,18H,10,12H2,1H3/b9-8+/t16-/m0/s1. The van der Waals surface area contributed by atoms with E-state index < -0.39 is 0 Å². The van der Waals surface area contributed by atoms with Crippen LogP contribution in [0.15, 0.2) is 53.2 Å². The van der Waals surface area contributed by atoms with Crippen LogP contribution >= 0.6 is 0 Å². The first-order valence-corrected chi connectivity index (χ1v) is 7.17. The molecule has 1 aromatic heterocycles. The van der Waals surface area contributed by atoms with Crippen molar-refractivity contribution < 1.29 is 13.9 Å². The highest BCUT2D eigenvalue weighted by molar-refractivity contribution is 6.01. The Bertz CT molecular complexity index is 664. The van der Waals surface area contributed by atoms with Crippen LogP contribution in [-0.2, 0) is 4.74 Å². The fourth-order valence-corrected chi connectivity index (χ4v) is 2.47. The van der Waals surface area contributed by atoms with E-state index in [9.17, 15) is 4.79 Å². The van der Waals surface area contributed by atoms with E-state index >= 15 is 0 Å². The largest absolute Gasteiger partial charge is 0.465 e. The number of methoxy groups -OCH3 is 1. The summed E-state index contributed by atoms with van der Waals surface area (Å²) in [7, 11) is 1.63. The summed E-state index contributed by atoms with van der Waals surface area (Å²) in [6.07, 6.45) is 5.17. The van der Waals surface area contributed by atoms with E-state index in [0.29, 0.717) is 18.7 Å². The minimum Gasteiger partial charge on any atom is -0.465 e. The molecule has 1 atom stereocenters. The van der Waals surface area contributed by atoms with Crippen LogP contribution in [0.1, 0.15) is 16.1 Å². The first kappa shape index (κ1) is 14.4. The molecular weight excluding hydrogens is 280 g/mol. The van der Waals surface area contributed by atoms with Crippen LogP contribution in [0.5, 0.6) is 0 Å². The van der Waals surface area contributed by atoms with Gasteiger partial charge in [-0.3, -0.25) is 4.79 Å². The first-order valence-electron chi connectivity index (χ1n) is 7.17. The third-order valence-corrected chi connectivity index (χ3v) is 3.58. The molecular formula is C17H18N2O3. The molecule has 0 saturated heterocycles. The van der Waals surface area contributed by atoms with Crippen LogP contribution in [0.4, 0.5) is 5.69 Å². The second kappa shape index (κ2) is 6.49. The quantitative estimate of drug-likeness (QED) is 0.922. The van der Waals surface area contributed by atoms with Crippen molar-refractivity contribution in [2.45, 2.75) is 6.17 Å². The Hall–Kier alpha value is -2.53. The van der Waals surface area contributed by atoms with Gasteiger partial charge < -0.3 is 19.4 Å². The first-order chi connectivity index (χ1) is 10.8. The van der Waals surface area contributed by atoms with E-state index in [4.69, 9.17) is 9.15 Å². The Kier molecular flexibility index (Phi) is 4.25. The number of amides is 1. The van der Waals surface area contributed by atoms with Gasteiger partial charge >= 0.3 is 0 Å². The molecule has 1 N–H and O–H groups in total. The summed E-state index contributed by atoms with van der Waals surface area (Å²) in [5, 5.41) is 3.37. The fraction of sp³-hybridized carbons (Fsp3) is 0.235. The minimum atomic E-state index is -0.234. The van der Waals surface area contributed by atoms with Gasteiger partial charge in [-0.2, -0.15) is 0 Å². The minimum absolute atomic E-state index is 0.000458. The zero-order valence-electron chi connectivity index (χ0n) is 12.4. The molecule has 5 nitrogen and oxygen atoms in total. The van der Waals surface area contributed by atoms with Gasteiger partial charge in [0.05, 0.1) is 18.4 Å². The van der Waals surface area contributed by atoms with Gasteiger partial charge in [-0.25, -0.2) is 0 Å². The van der Waals surface area contributed by atoms with E-state index in [-0.39, 0.29) is 12.1 Å². The van der Waals surface area contributed by atoms with Gasteiger partial charge in [0.25, 0.3) is 5.91 Å². The van der Waals surface area contributed by atoms with Gasteiger partial charge in [0, 0.05) is 19.3 Å².